The van der Waals surface area contributed by atoms with Crippen LogP contribution in [0.1, 0.15) is 38.8 Å². The van der Waals surface area contributed by atoms with Crippen molar-refractivity contribution in [2.24, 2.45) is 0 Å². The average Bonchev–Trinajstić information content (AvgIpc) is 2.77. The molecule has 2 N–H and O–H groups in total. The number of phenols is 2. The van der Waals surface area contributed by atoms with E-state index in [-0.39, 0.29) is 28.4 Å². The van der Waals surface area contributed by atoms with Gasteiger partial charge in [0.25, 0.3) is 0 Å². The summed E-state index contributed by atoms with van der Waals surface area (Å²) >= 11 is 0. The molecule has 0 saturated carbocycles. The van der Waals surface area contributed by atoms with Crippen LogP contribution in [-0.4, -0.2) is 28.9 Å². The van der Waals surface area contributed by atoms with Crippen molar-refractivity contribution in [2.45, 2.75) is 13.3 Å². The number of hydrogen-bond acceptors (Lipinski definition) is 5. The van der Waals surface area contributed by atoms with Gasteiger partial charge in [-0.1, -0.05) is 43.8 Å². The van der Waals surface area contributed by atoms with E-state index in [1.165, 1.54) is 37.5 Å². The Bertz CT molecular complexity index is 1140. The fraction of sp³-hybridized carbons (Fsp3) is 0.120. The monoisotopic (exact) mass is 402 g/mol. The van der Waals surface area contributed by atoms with Crippen LogP contribution < -0.4 is 4.74 Å². The Labute approximate surface area is 174 Å². The average molecular weight is 402 g/mol. The van der Waals surface area contributed by atoms with E-state index < -0.39 is 5.78 Å². The van der Waals surface area contributed by atoms with Gasteiger partial charge in [0.15, 0.2) is 11.6 Å². The first-order chi connectivity index (χ1) is 14.4. The molecule has 152 valence electrons. The summed E-state index contributed by atoms with van der Waals surface area (Å²) in [6, 6.07) is 14.4. The van der Waals surface area contributed by atoms with Gasteiger partial charge in [-0.25, -0.2) is 0 Å². The number of carbonyl (C=O) groups excluding carboxylic acids is 2. The van der Waals surface area contributed by atoms with Crippen molar-refractivity contribution in [3.05, 3.63) is 89.5 Å². The highest BCUT2D eigenvalue weighted by molar-refractivity contribution is 6.13. The van der Waals surface area contributed by atoms with Crippen LogP contribution in [0.2, 0.25) is 0 Å². The Morgan fingerprint density at radius 1 is 0.933 bits per heavy atom. The molecule has 30 heavy (non-hydrogen) atoms. The molecule has 3 aromatic carbocycles. The van der Waals surface area contributed by atoms with E-state index in [1.807, 2.05) is 13.0 Å². The molecule has 0 unspecified atom stereocenters. The highest BCUT2D eigenvalue weighted by atomic mass is 16.5. The van der Waals surface area contributed by atoms with Crippen molar-refractivity contribution >= 4 is 11.6 Å². The summed E-state index contributed by atoms with van der Waals surface area (Å²) in [4.78, 5) is 25.3. The predicted octanol–water partition coefficient (Wildman–Crippen LogP) is 4.94. The molecule has 0 amide bonds. The third-order valence-electron chi connectivity index (χ3n) is 4.98. The molecular formula is C25H22O5. The van der Waals surface area contributed by atoms with Gasteiger partial charge in [0.2, 0.25) is 0 Å². The van der Waals surface area contributed by atoms with Gasteiger partial charge < -0.3 is 14.9 Å². The number of hydrogen-bond donors (Lipinski definition) is 2. The lowest BCUT2D eigenvalue weighted by Crippen LogP contribution is -2.05. The van der Waals surface area contributed by atoms with Crippen molar-refractivity contribution in [3.63, 3.8) is 0 Å². The van der Waals surface area contributed by atoms with E-state index in [0.29, 0.717) is 28.9 Å². The van der Waals surface area contributed by atoms with Gasteiger partial charge in [-0.05, 0) is 41.8 Å². The van der Waals surface area contributed by atoms with Crippen molar-refractivity contribution in [3.8, 4) is 28.4 Å². The summed E-state index contributed by atoms with van der Waals surface area (Å²) in [6.45, 7) is 5.49. The number of carbonyl (C=O) groups is 2. The van der Waals surface area contributed by atoms with Crippen LogP contribution in [0.3, 0.4) is 0 Å². The lowest BCUT2D eigenvalue weighted by atomic mass is 9.89. The minimum Gasteiger partial charge on any atom is -0.507 e. The van der Waals surface area contributed by atoms with Gasteiger partial charge in [-0.15, -0.1) is 0 Å². The fourth-order valence-electron chi connectivity index (χ4n) is 3.50. The van der Waals surface area contributed by atoms with Crippen LogP contribution in [-0.2, 0) is 6.42 Å². The molecule has 5 nitrogen and oxygen atoms in total. The molecule has 5 heteroatoms. The van der Waals surface area contributed by atoms with Crippen molar-refractivity contribution in [2.75, 3.05) is 7.11 Å². The molecule has 0 spiro atoms. The third-order valence-corrected chi connectivity index (χ3v) is 4.98. The summed E-state index contributed by atoms with van der Waals surface area (Å²) in [5.41, 5.74) is 2.68. The summed E-state index contributed by atoms with van der Waals surface area (Å²) < 4.78 is 5.45. The quantitative estimate of drug-likeness (QED) is 0.432. The van der Waals surface area contributed by atoms with Gasteiger partial charge in [0, 0.05) is 17.2 Å². The molecule has 0 aromatic heterocycles. The van der Waals surface area contributed by atoms with E-state index in [2.05, 4.69) is 6.58 Å². The van der Waals surface area contributed by atoms with E-state index in [9.17, 15) is 19.8 Å². The van der Waals surface area contributed by atoms with Crippen molar-refractivity contribution in [1.29, 1.82) is 0 Å². The molecule has 0 radical (unpaired) electrons. The maximum absolute atomic E-state index is 13.0. The Hall–Kier alpha value is -3.86. The molecule has 0 heterocycles. The van der Waals surface area contributed by atoms with Gasteiger partial charge in [0.1, 0.15) is 17.2 Å². The molecular weight excluding hydrogens is 380 g/mol. The first-order valence-electron chi connectivity index (χ1n) is 9.45. The lowest BCUT2D eigenvalue weighted by Gasteiger charge is -2.17. The summed E-state index contributed by atoms with van der Waals surface area (Å²) in [5.74, 6) is -0.797. The molecule has 0 aliphatic heterocycles. The number of rotatable bonds is 7. The predicted molar refractivity (Wildman–Crippen MR) is 116 cm³/mol. The van der Waals surface area contributed by atoms with E-state index >= 15 is 0 Å². The summed E-state index contributed by atoms with van der Waals surface area (Å²) in [6.07, 6.45) is 1.83. The molecule has 0 aliphatic carbocycles. The van der Waals surface area contributed by atoms with E-state index in [4.69, 9.17) is 4.74 Å². The van der Waals surface area contributed by atoms with Crippen LogP contribution in [0.4, 0.5) is 0 Å². The van der Waals surface area contributed by atoms with E-state index in [1.54, 1.807) is 24.3 Å². The zero-order chi connectivity index (χ0) is 21.8. The SMILES string of the molecule is C=CC(=O)c1cccc(-c2cc(C(=O)c3ccccc3O)c(O)cc2OC)c1CC. The number of allylic oxidation sites excluding steroid dienone is 1. The second-order valence-electron chi connectivity index (χ2n) is 6.67. The van der Waals surface area contributed by atoms with Gasteiger partial charge >= 0.3 is 0 Å². The molecule has 0 atom stereocenters. The van der Waals surface area contributed by atoms with Crippen molar-refractivity contribution < 1.29 is 24.5 Å². The van der Waals surface area contributed by atoms with E-state index in [0.717, 1.165) is 5.56 Å². The van der Waals surface area contributed by atoms with Crippen molar-refractivity contribution in [1.82, 2.24) is 0 Å². The smallest absolute Gasteiger partial charge is 0.200 e. The van der Waals surface area contributed by atoms with Crippen LogP contribution in [0, 0.1) is 0 Å². The number of aromatic hydroxyl groups is 2. The van der Waals surface area contributed by atoms with Crippen LogP contribution in [0.25, 0.3) is 11.1 Å². The van der Waals surface area contributed by atoms with Crippen LogP contribution >= 0.6 is 0 Å². The standard InChI is InChI=1S/C25H22O5/c1-4-15-16(10-8-11-17(15)21(26)5-2)19-13-20(23(28)14-24(19)30-3)25(29)18-9-6-7-12-22(18)27/h5-14,27-28H,2,4H2,1,3H3. The Balaban J connectivity index is 2.26. The second-order valence-corrected chi connectivity index (χ2v) is 6.67. The third kappa shape index (κ3) is 3.70. The number of ether oxygens (including phenoxy) is 1. The molecule has 0 aliphatic rings. The van der Waals surface area contributed by atoms with Gasteiger partial charge in [0.05, 0.1) is 18.2 Å². The summed E-state index contributed by atoms with van der Waals surface area (Å²) in [5, 5.41) is 20.5. The molecule has 0 fully saturated rings. The molecule has 3 aromatic rings. The number of benzene rings is 3. The van der Waals surface area contributed by atoms with Crippen LogP contribution in [0.5, 0.6) is 17.2 Å². The maximum atomic E-state index is 13.0. The number of methoxy groups -OCH3 is 1. The normalized spacial score (nSPS) is 10.5. The minimum atomic E-state index is -0.522. The zero-order valence-electron chi connectivity index (χ0n) is 16.8. The Morgan fingerprint density at radius 2 is 1.63 bits per heavy atom. The molecule has 0 bridgehead atoms. The van der Waals surface area contributed by atoms with Gasteiger partial charge in [-0.2, -0.15) is 0 Å². The highest BCUT2D eigenvalue weighted by Gasteiger charge is 2.22. The van der Waals surface area contributed by atoms with Gasteiger partial charge in [-0.3, -0.25) is 9.59 Å². The maximum Gasteiger partial charge on any atom is 0.200 e. The first-order valence-corrected chi connectivity index (χ1v) is 9.45. The molecule has 0 saturated heterocycles. The first kappa shape index (κ1) is 20.9. The Kier molecular flexibility index (Phi) is 6.02. The minimum absolute atomic E-state index is 0.0230. The molecule has 3 rings (SSSR count). The lowest BCUT2D eigenvalue weighted by molar-refractivity contribution is 0.102. The highest BCUT2D eigenvalue weighted by Crippen LogP contribution is 2.39. The number of phenolic OH excluding ortho intramolecular Hbond substituents is 2. The number of ketones is 2. The topological polar surface area (TPSA) is 83.8 Å². The second kappa shape index (κ2) is 8.66. The Morgan fingerprint density at radius 3 is 2.27 bits per heavy atom. The van der Waals surface area contributed by atoms with Crippen LogP contribution in [0.15, 0.2) is 67.3 Å². The number of para-hydroxylation sites is 1. The fourth-order valence-corrected chi connectivity index (χ4v) is 3.50. The largest absolute Gasteiger partial charge is 0.507 e. The zero-order valence-corrected chi connectivity index (χ0v) is 16.8. The summed E-state index contributed by atoms with van der Waals surface area (Å²) in [7, 11) is 1.47.